The van der Waals surface area contributed by atoms with Gasteiger partial charge in [0.25, 0.3) is 10.2 Å². The minimum Gasteiger partial charge on any atom is -0.202 e. The zero-order chi connectivity index (χ0) is 13.0. The van der Waals surface area contributed by atoms with Crippen LogP contribution in [0.2, 0.25) is 0 Å². The highest BCUT2D eigenvalue weighted by Crippen LogP contribution is 2.15. The second-order valence-electron chi connectivity index (χ2n) is 4.77. The average molecular weight is 268 g/mol. The zero-order valence-electron chi connectivity index (χ0n) is 10.7. The van der Waals surface area contributed by atoms with Crippen molar-refractivity contribution in [2.24, 2.45) is 0 Å². The van der Waals surface area contributed by atoms with Gasteiger partial charge in [0, 0.05) is 19.6 Å². The van der Waals surface area contributed by atoms with Gasteiger partial charge in [-0.05, 0) is 24.3 Å². The molecule has 1 aromatic carbocycles. The highest BCUT2D eigenvalue weighted by atomic mass is 32.2. The van der Waals surface area contributed by atoms with Crippen molar-refractivity contribution in [3.05, 3.63) is 35.9 Å². The van der Waals surface area contributed by atoms with E-state index in [-0.39, 0.29) is 5.92 Å². The minimum atomic E-state index is -3.28. The van der Waals surface area contributed by atoms with Crippen molar-refractivity contribution in [3.8, 4) is 0 Å². The van der Waals surface area contributed by atoms with Gasteiger partial charge in [-0.1, -0.05) is 37.3 Å². The molecule has 1 saturated heterocycles. The van der Waals surface area contributed by atoms with Crippen LogP contribution in [0.3, 0.4) is 0 Å². The van der Waals surface area contributed by atoms with Crippen molar-refractivity contribution in [2.45, 2.75) is 25.7 Å². The first-order valence-electron chi connectivity index (χ1n) is 6.39. The highest BCUT2D eigenvalue weighted by Gasteiger charge is 2.25. The van der Waals surface area contributed by atoms with Gasteiger partial charge < -0.3 is 0 Å². The van der Waals surface area contributed by atoms with Crippen LogP contribution >= 0.6 is 0 Å². The van der Waals surface area contributed by atoms with Gasteiger partial charge in [0.15, 0.2) is 0 Å². The molecule has 1 heterocycles. The molecular formula is C13H20N2O2S. The number of nitrogens with zero attached hydrogens (tertiary/aromatic N) is 1. The Labute approximate surface area is 109 Å². The van der Waals surface area contributed by atoms with Gasteiger partial charge in [-0.15, -0.1) is 0 Å². The molecule has 0 aliphatic carbocycles. The number of benzene rings is 1. The molecule has 0 radical (unpaired) electrons. The second kappa shape index (κ2) is 5.82. The molecule has 1 fully saturated rings. The van der Waals surface area contributed by atoms with E-state index in [9.17, 15) is 8.42 Å². The van der Waals surface area contributed by atoms with E-state index in [0.717, 1.165) is 18.4 Å². The summed E-state index contributed by atoms with van der Waals surface area (Å²) in [6.45, 7) is 3.77. The van der Waals surface area contributed by atoms with Crippen LogP contribution in [-0.2, 0) is 10.2 Å². The molecule has 0 amide bonds. The van der Waals surface area contributed by atoms with Crippen molar-refractivity contribution < 1.29 is 8.42 Å². The smallest absolute Gasteiger partial charge is 0.202 e. The molecule has 2 rings (SSSR count). The van der Waals surface area contributed by atoms with Crippen LogP contribution in [0.15, 0.2) is 30.3 Å². The lowest BCUT2D eigenvalue weighted by Gasteiger charge is -2.18. The quantitative estimate of drug-likeness (QED) is 0.884. The van der Waals surface area contributed by atoms with Crippen LogP contribution in [0.25, 0.3) is 0 Å². The van der Waals surface area contributed by atoms with Crippen LogP contribution in [0.1, 0.15) is 31.2 Å². The van der Waals surface area contributed by atoms with Gasteiger partial charge >= 0.3 is 0 Å². The highest BCUT2D eigenvalue weighted by molar-refractivity contribution is 7.87. The first-order chi connectivity index (χ1) is 8.59. The molecule has 0 bridgehead atoms. The Morgan fingerprint density at radius 2 is 1.83 bits per heavy atom. The monoisotopic (exact) mass is 268 g/mol. The Hall–Kier alpha value is -0.910. The van der Waals surface area contributed by atoms with E-state index in [0.29, 0.717) is 19.6 Å². The summed E-state index contributed by atoms with van der Waals surface area (Å²) in [7, 11) is -3.28. The van der Waals surface area contributed by atoms with Crippen LogP contribution in [0.4, 0.5) is 0 Å². The predicted molar refractivity (Wildman–Crippen MR) is 72.6 cm³/mol. The lowest BCUT2D eigenvalue weighted by atomic mass is 10.0. The standard InChI is InChI=1S/C13H20N2O2S/c1-12(13-7-3-2-4-8-13)11-14-18(16,17)15-9-5-6-10-15/h2-4,7-8,12,14H,5-6,9-11H2,1H3. The summed E-state index contributed by atoms with van der Waals surface area (Å²) in [5.41, 5.74) is 1.15. The largest absolute Gasteiger partial charge is 0.279 e. The van der Waals surface area contributed by atoms with Gasteiger partial charge in [0.1, 0.15) is 0 Å². The molecule has 0 saturated carbocycles. The van der Waals surface area contributed by atoms with E-state index in [1.54, 1.807) is 0 Å². The second-order valence-corrected chi connectivity index (χ2v) is 6.53. The Balaban J connectivity index is 1.91. The van der Waals surface area contributed by atoms with E-state index >= 15 is 0 Å². The summed E-state index contributed by atoms with van der Waals surface area (Å²) >= 11 is 0. The van der Waals surface area contributed by atoms with Crippen molar-refractivity contribution in [3.63, 3.8) is 0 Å². The zero-order valence-corrected chi connectivity index (χ0v) is 11.5. The van der Waals surface area contributed by atoms with Gasteiger partial charge in [-0.3, -0.25) is 0 Å². The fraction of sp³-hybridized carbons (Fsp3) is 0.538. The molecule has 1 aliphatic rings. The molecule has 0 aromatic heterocycles. The summed E-state index contributed by atoms with van der Waals surface area (Å²) in [5, 5.41) is 0. The Morgan fingerprint density at radius 3 is 2.44 bits per heavy atom. The van der Waals surface area contributed by atoms with Crippen LogP contribution in [-0.4, -0.2) is 32.4 Å². The molecule has 100 valence electrons. The summed E-state index contributed by atoms with van der Waals surface area (Å²) in [6.07, 6.45) is 1.93. The molecule has 1 unspecified atom stereocenters. The van der Waals surface area contributed by atoms with Crippen molar-refractivity contribution in [1.82, 2.24) is 9.03 Å². The molecule has 1 aliphatic heterocycles. The minimum absolute atomic E-state index is 0.184. The van der Waals surface area contributed by atoms with E-state index in [2.05, 4.69) is 4.72 Å². The lowest BCUT2D eigenvalue weighted by Crippen LogP contribution is -2.40. The SMILES string of the molecule is CC(CNS(=O)(=O)N1CCCC1)c1ccccc1. The van der Waals surface area contributed by atoms with Crippen molar-refractivity contribution in [2.75, 3.05) is 19.6 Å². The molecule has 1 aromatic rings. The summed E-state index contributed by atoms with van der Waals surface area (Å²) < 4.78 is 28.2. The average Bonchev–Trinajstić information content (AvgIpc) is 2.92. The Kier molecular flexibility index (Phi) is 4.37. The first kappa shape index (κ1) is 13.5. The van der Waals surface area contributed by atoms with Crippen molar-refractivity contribution >= 4 is 10.2 Å². The fourth-order valence-electron chi connectivity index (χ4n) is 2.15. The van der Waals surface area contributed by atoms with Crippen LogP contribution in [0, 0.1) is 0 Å². The van der Waals surface area contributed by atoms with Crippen LogP contribution < -0.4 is 4.72 Å². The number of hydrogen-bond donors (Lipinski definition) is 1. The topological polar surface area (TPSA) is 49.4 Å². The number of rotatable bonds is 5. The Morgan fingerprint density at radius 1 is 1.22 bits per heavy atom. The third-order valence-electron chi connectivity index (χ3n) is 3.35. The number of nitrogens with one attached hydrogen (secondary N) is 1. The molecule has 0 spiro atoms. The molecule has 5 heteroatoms. The maximum atomic E-state index is 12.0. The maximum absolute atomic E-state index is 12.0. The predicted octanol–water partition coefficient (Wildman–Crippen LogP) is 1.72. The maximum Gasteiger partial charge on any atom is 0.279 e. The third kappa shape index (κ3) is 3.31. The molecule has 4 nitrogen and oxygen atoms in total. The van der Waals surface area contributed by atoms with Crippen LogP contribution in [0.5, 0.6) is 0 Å². The molecule has 1 N–H and O–H groups in total. The molecule has 18 heavy (non-hydrogen) atoms. The van der Waals surface area contributed by atoms with E-state index in [1.807, 2.05) is 37.3 Å². The van der Waals surface area contributed by atoms with E-state index in [4.69, 9.17) is 0 Å². The summed E-state index contributed by atoms with van der Waals surface area (Å²) in [4.78, 5) is 0. The van der Waals surface area contributed by atoms with Gasteiger partial charge in [-0.25, -0.2) is 4.72 Å². The lowest BCUT2D eigenvalue weighted by molar-refractivity contribution is 0.462. The Bertz CT molecular complexity index is 467. The third-order valence-corrected chi connectivity index (χ3v) is 4.92. The summed E-state index contributed by atoms with van der Waals surface area (Å²) in [6, 6.07) is 9.95. The summed E-state index contributed by atoms with van der Waals surface area (Å²) in [5.74, 6) is 0.184. The molecule has 1 atom stereocenters. The van der Waals surface area contributed by atoms with E-state index in [1.165, 1.54) is 4.31 Å². The number of hydrogen-bond acceptors (Lipinski definition) is 2. The first-order valence-corrected chi connectivity index (χ1v) is 7.83. The van der Waals surface area contributed by atoms with Crippen molar-refractivity contribution in [1.29, 1.82) is 0 Å². The van der Waals surface area contributed by atoms with E-state index < -0.39 is 10.2 Å². The fourth-order valence-corrected chi connectivity index (χ4v) is 3.53. The van der Waals surface area contributed by atoms with Gasteiger partial charge in [-0.2, -0.15) is 12.7 Å². The normalized spacial score (nSPS) is 18.9. The van der Waals surface area contributed by atoms with Gasteiger partial charge in [0.05, 0.1) is 0 Å². The molecular weight excluding hydrogens is 248 g/mol. The van der Waals surface area contributed by atoms with Gasteiger partial charge in [0.2, 0.25) is 0 Å².